The van der Waals surface area contributed by atoms with Crippen molar-refractivity contribution in [2.75, 3.05) is 19.5 Å². The molecule has 146 valence electrons. The molecule has 2 aromatic carbocycles. The van der Waals surface area contributed by atoms with E-state index < -0.39 is 0 Å². The second-order valence-electron chi connectivity index (χ2n) is 6.15. The summed E-state index contributed by atoms with van der Waals surface area (Å²) in [5.74, 6) is 1.43. The van der Waals surface area contributed by atoms with Gasteiger partial charge in [0.25, 0.3) is 5.56 Å². The maximum Gasteiger partial charge on any atom is 0.262 e. The second kappa shape index (κ2) is 7.81. The number of nitrogens with one attached hydrogen (secondary N) is 2. The zero-order chi connectivity index (χ0) is 20.4. The van der Waals surface area contributed by atoms with E-state index in [9.17, 15) is 4.79 Å². The highest BCUT2D eigenvalue weighted by Gasteiger charge is 2.14. The molecule has 0 bridgehead atoms. The third-order valence-corrected chi connectivity index (χ3v) is 4.76. The Hall–Kier alpha value is -3.58. The van der Waals surface area contributed by atoms with Crippen molar-refractivity contribution >= 4 is 34.3 Å². The third kappa shape index (κ3) is 3.60. The summed E-state index contributed by atoms with van der Waals surface area (Å²) in [7, 11) is 3.13. The molecule has 0 atom stereocenters. The van der Waals surface area contributed by atoms with Gasteiger partial charge in [0.1, 0.15) is 0 Å². The number of rotatable bonds is 5. The van der Waals surface area contributed by atoms with Crippen molar-refractivity contribution < 1.29 is 9.47 Å². The van der Waals surface area contributed by atoms with Crippen LogP contribution in [0.5, 0.6) is 11.5 Å². The molecule has 0 unspecified atom stereocenters. The molecule has 0 aliphatic carbocycles. The number of ether oxygens (including phenoxy) is 2. The van der Waals surface area contributed by atoms with Crippen LogP contribution in [-0.4, -0.2) is 29.2 Å². The lowest BCUT2D eigenvalue weighted by atomic mass is 10.0. The van der Waals surface area contributed by atoms with E-state index in [1.165, 1.54) is 0 Å². The molecule has 2 N–H and O–H groups in total. The summed E-state index contributed by atoms with van der Waals surface area (Å²) >= 11 is 6.17. The number of nitrogens with zero attached hydrogens (tertiary/aromatic N) is 2. The number of para-hydroxylation sites is 1. The highest BCUT2D eigenvalue weighted by atomic mass is 35.5. The van der Waals surface area contributed by atoms with Gasteiger partial charge < -0.3 is 14.8 Å². The Balaban J connectivity index is 1.82. The fourth-order valence-corrected chi connectivity index (χ4v) is 3.24. The first-order chi connectivity index (χ1) is 14.1. The van der Waals surface area contributed by atoms with Crippen LogP contribution in [0.25, 0.3) is 22.2 Å². The van der Waals surface area contributed by atoms with Gasteiger partial charge in [-0.3, -0.25) is 9.78 Å². The highest BCUT2D eigenvalue weighted by Crippen LogP contribution is 2.34. The average molecular weight is 409 g/mol. The third-order valence-electron chi connectivity index (χ3n) is 4.43. The average Bonchev–Trinajstić information content (AvgIpc) is 2.74. The van der Waals surface area contributed by atoms with Gasteiger partial charge in [0.05, 0.1) is 30.3 Å². The number of methoxy groups -OCH3 is 2. The van der Waals surface area contributed by atoms with Crippen molar-refractivity contribution in [2.45, 2.75) is 0 Å². The van der Waals surface area contributed by atoms with Crippen molar-refractivity contribution in [3.05, 3.63) is 70.1 Å². The molecule has 0 spiro atoms. The zero-order valence-corrected chi connectivity index (χ0v) is 16.4. The maximum atomic E-state index is 12.9. The van der Waals surface area contributed by atoms with Crippen LogP contribution in [0.15, 0.2) is 59.5 Å². The van der Waals surface area contributed by atoms with E-state index in [4.69, 9.17) is 21.1 Å². The van der Waals surface area contributed by atoms with Crippen LogP contribution in [0.2, 0.25) is 5.02 Å². The van der Waals surface area contributed by atoms with Gasteiger partial charge in [0.2, 0.25) is 5.95 Å². The van der Waals surface area contributed by atoms with Crippen molar-refractivity contribution in [2.24, 2.45) is 0 Å². The van der Waals surface area contributed by atoms with Crippen LogP contribution >= 0.6 is 11.6 Å². The highest BCUT2D eigenvalue weighted by molar-refractivity contribution is 6.33. The number of halogens is 1. The summed E-state index contributed by atoms with van der Waals surface area (Å²) in [4.78, 5) is 24.3. The molecule has 4 rings (SSSR count). The normalized spacial score (nSPS) is 10.7. The number of hydrogen-bond acceptors (Lipinski definition) is 6. The van der Waals surface area contributed by atoms with Crippen LogP contribution in [-0.2, 0) is 0 Å². The number of fused-ring (bicyclic) bond motifs is 1. The van der Waals surface area contributed by atoms with Crippen molar-refractivity contribution in [3.8, 4) is 22.6 Å². The molecule has 0 aliphatic heterocycles. The van der Waals surface area contributed by atoms with Gasteiger partial charge >= 0.3 is 0 Å². The zero-order valence-electron chi connectivity index (χ0n) is 15.7. The molecular formula is C21H17ClN4O3. The minimum absolute atomic E-state index is 0.257. The summed E-state index contributed by atoms with van der Waals surface area (Å²) in [5, 5.41) is 3.92. The van der Waals surface area contributed by atoms with Crippen LogP contribution in [0.1, 0.15) is 0 Å². The maximum absolute atomic E-state index is 12.9. The molecule has 2 heterocycles. The summed E-state index contributed by atoms with van der Waals surface area (Å²) in [6.07, 6.45) is 1.61. The van der Waals surface area contributed by atoms with Gasteiger partial charge in [-0.15, -0.1) is 0 Å². The molecule has 0 radical (unpaired) electrons. The standard InChI is InChI=1S/C21H17ClN4O3/c1-28-16-8-7-12(11-17(16)29-2)13-9-10-23-19-18(13)20(27)26-21(25-19)24-15-6-4-3-5-14(15)22/h3-11H,1-2H3,(H2,23,24,25,26,27). The van der Waals surface area contributed by atoms with E-state index in [1.54, 1.807) is 44.7 Å². The van der Waals surface area contributed by atoms with Gasteiger partial charge in [0.15, 0.2) is 17.1 Å². The predicted octanol–water partition coefficient (Wildman–Crippen LogP) is 4.40. The fourth-order valence-electron chi connectivity index (χ4n) is 3.06. The quantitative estimate of drug-likeness (QED) is 0.508. The Morgan fingerprint density at radius 1 is 1.03 bits per heavy atom. The van der Waals surface area contributed by atoms with Crippen LogP contribution in [0, 0.1) is 0 Å². The SMILES string of the molecule is COc1ccc(-c2ccnc3nc(Nc4ccccc4Cl)[nH]c(=O)c23)cc1OC. The first-order valence-electron chi connectivity index (χ1n) is 8.73. The lowest BCUT2D eigenvalue weighted by Crippen LogP contribution is -2.13. The number of benzene rings is 2. The molecule has 4 aromatic rings. The van der Waals surface area contributed by atoms with E-state index in [0.717, 1.165) is 5.56 Å². The summed E-state index contributed by atoms with van der Waals surface area (Å²) < 4.78 is 10.7. The number of hydrogen-bond donors (Lipinski definition) is 2. The summed E-state index contributed by atoms with van der Waals surface area (Å²) in [6.45, 7) is 0. The van der Waals surface area contributed by atoms with Gasteiger partial charge in [-0.05, 0) is 41.5 Å². The van der Waals surface area contributed by atoms with Crippen molar-refractivity contribution in [1.29, 1.82) is 0 Å². The number of H-pyrrole nitrogens is 1. The number of aromatic amines is 1. The monoisotopic (exact) mass is 408 g/mol. The van der Waals surface area contributed by atoms with E-state index >= 15 is 0 Å². The molecule has 0 saturated carbocycles. The topological polar surface area (TPSA) is 89.1 Å². The Kier molecular flexibility index (Phi) is 5.05. The Bertz CT molecular complexity index is 1260. The van der Waals surface area contributed by atoms with Crippen LogP contribution < -0.4 is 20.3 Å². The molecule has 0 saturated heterocycles. The van der Waals surface area contributed by atoms with E-state index in [-0.39, 0.29) is 11.5 Å². The van der Waals surface area contributed by atoms with E-state index in [0.29, 0.717) is 38.8 Å². The smallest absolute Gasteiger partial charge is 0.262 e. The Morgan fingerprint density at radius 3 is 2.59 bits per heavy atom. The van der Waals surface area contributed by atoms with Gasteiger partial charge in [-0.1, -0.05) is 29.8 Å². The lowest BCUT2D eigenvalue weighted by molar-refractivity contribution is 0.355. The van der Waals surface area contributed by atoms with Crippen molar-refractivity contribution in [3.63, 3.8) is 0 Å². The first-order valence-corrected chi connectivity index (χ1v) is 9.11. The predicted molar refractivity (Wildman–Crippen MR) is 113 cm³/mol. The largest absolute Gasteiger partial charge is 0.493 e. The van der Waals surface area contributed by atoms with E-state index in [2.05, 4.69) is 20.3 Å². The fraction of sp³-hybridized carbons (Fsp3) is 0.0952. The molecule has 0 aliphatic rings. The Labute approximate surface area is 171 Å². The van der Waals surface area contributed by atoms with Crippen LogP contribution in [0.4, 0.5) is 11.6 Å². The number of anilines is 2. The minimum atomic E-state index is -0.317. The van der Waals surface area contributed by atoms with Gasteiger partial charge in [-0.25, -0.2) is 4.98 Å². The molecule has 0 amide bonds. The minimum Gasteiger partial charge on any atom is -0.493 e. The molecule has 8 heteroatoms. The van der Waals surface area contributed by atoms with Gasteiger partial charge in [0, 0.05) is 6.20 Å². The lowest BCUT2D eigenvalue weighted by Gasteiger charge is -2.12. The molecule has 2 aromatic heterocycles. The summed E-state index contributed by atoms with van der Waals surface area (Å²) in [6, 6.07) is 14.4. The Morgan fingerprint density at radius 2 is 1.83 bits per heavy atom. The molecule has 7 nitrogen and oxygen atoms in total. The van der Waals surface area contributed by atoms with Gasteiger partial charge in [-0.2, -0.15) is 4.98 Å². The second-order valence-corrected chi connectivity index (χ2v) is 6.55. The summed E-state index contributed by atoms with van der Waals surface area (Å²) in [5.41, 5.74) is 2.11. The van der Waals surface area contributed by atoms with Crippen LogP contribution in [0.3, 0.4) is 0 Å². The number of aromatic nitrogens is 3. The van der Waals surface area contributed by atoms with Crippen molar-refractivity contribution in [1.82, 2.24) is 15.0 Å². The molecular weight excluding hydrogens is 392 g/mol. The first kappa shape index (κ1) is 18.8. The molecule has 0 fully saturated rings. The number of pyridine rings is 1. The van der Waals surface area contributed by atoms with E-state index in [1.807, 2.05) is 24.3 Å². The molecule has 29 heavy (non-hydrogen) atoms.